The number of fused-ring (bicyclic) bond motifs is 3. The second-order valence-corrected chi connectivity index (χ2v) is 7.72. The number of carboxylic acids is 1. The van der Waals surface area contributed by atoms with Crippen LogP contribution in [0.2, 0.25) is 0 Å². The zero-order valence-electron chi connectivity index (χ0n) is 15.4. The minimum absolute atomic E-state index is 0.00592. The summed E-state index contributed by atoms with van der Waals surface area (Å²) in [5.74, 6) is -2.18. The van der Waals surface area contributed by atoms with Crippen molar-refractivity contribution < 1.29 is 19.5 Å². The van der Waals surface area contributed by atoms with Gasteiger partial charge in [-0.25, -0.2) is 0 Å². The number of carbonyl (C=O) groups excluding carboxylic acids is 2. The van der Waals surface area contributed by atoms with Crippen molar-refractivity contribution in [2.45, 2.75) is 32.6 Å². The summed E-state index contributed by atoms with van der Waals surface area (Å²) in [7, 11) is 0. The van der Waals surface area contributed by atoms with Gasteiger partial charge in [0.1, 0.15) is 0 Å². The Hall–Kier alpha value is -2.63. The van der Waals surface area contributed by atoms with E-state index in [4.69, 9.17) is 0 Å². The highest BCUT2D eigenvalue weighted by Gasteiger charge is 2.51. The summed E-state index contributed by atoms with van der Waals surface area (Å²) in [6.07, 6.45) is 6.68. The summed E-state index contributed by atoms with van der Waals surface area (Å²) in [5, 5.41) is 12.5. The maximum atomic E-state index is 12.8. The molecule has 1 fully saturated rings. The van der Waals surface area contributed by atoms with Gasteiger partial charge >= 0.3 is 5.97 Å². The van der Waals surface area contributed by atoms with Crippen molar-refractivity contribution in [3.8, 4) is 0 Å². The molecule has 1 aliphatic heterocycles. The van der Waals surface area contributed by atoms with Crippen molar-refractivity contribution in [3.05, 3.63) is 35.9 Å². The molecule has 6 nitrogen and oxygen atoms in total. The number of allylic oxidation sites excluding steroid dienone is 2. The lowest BCUT2D eigenvalue weighted by molar-refractivity contribution is -0.146. The zero-order chi connectivity index (χ0) is 19.1. The largest absolute Gasteiger partial charge is 0.481 e. The fourth-order valence-electron chi connectivity index (χ4n) is 4.85. The van der Waals surface area contributed by atoms with Crippen LogP contribution in [-0.4, -0.2) is 29.4 Å². The number of nitrogens with zero attached hydrogens (tertiary/aromatic N) is 1. The SMILES string of the molecule is CCCN1C(=O)CCc2cc(NC(=O)C3C4C=CC(C4)C3C(=O)O)ccc21. The van der Waals surface area contributed by atoms with Crippen LogP contribution in [-0.2, 0) is 20.8 Å². The number of aryl methyl sites for hydroxylation is 1. The zero-order valence-corrected chi connectivity index (χ0v) is 15.4. The monoisotopic (exact) mass is 368 g/mol. The van der Waals surface area contributed by atoms with Crippen molar-refractivity contribution in [1.29, 1.82) is 0 Å². The normalized spacial score (nSPS) is 28.3. The van der Waals surface area contributed by atoms with Gasteiger partial charge in [-0.3, -0.25) is 14.4 Å². The Bertz CT molecular complexity index is 831. The van der Waals surface area contributed by atoms with Crippen LogP contribution in [0.4, 0.5) is 11.4 Å². The Kier molecular flexibility index (Phi) is 4.50. The topological polar surface area (TPSA) is 86.7 Å². The molecule has 142 valence electrons. The van der Waals surface area contributed by atoms with E-state index in [1.54, 1.807) is 6.07 Å². The lowest BCUT2D eigenvalue weighted by Crippen LogP contribution is -2.37. The second kappa shape index (κ2) is 6.83. The Morgan fingerprint density at radius 1 is 1.19 bits per heavy atom. The highest BCUT2D eigenvalue weighted by molar-refractivity contribution is 5.99. The van der Waals surface area contributed by atoms with Gasteiger partial charge in [0.15, 0.2) is 0 Å². The molecule has 0 radical (unpaired) electrons. The number of hydrogen-bond acceptors (Lipinski definition) is 3. The highest BCUT2D eigenvalue weighted by atomic mass is 16.4. The third kappa shape index (κ3) is 3.03. The first kappa shape index (κ1) is 17.8. The van der Waals surface area contributed by atoms with Crippen molar-refractivity contribution in [1.82, 2.24) is 0 Å². The molecule has 1 saturated carbocycles. The van der Waals surface area contributed by atoms with Gasteiger partial charge in [0.2, 0.25) is 11.8 Å². The first-order valence-electron chi connectivity index (χ1n) is 9.65. The molecule has 4 unspecified atom stereocenters. The molecule has 3 aliphatic rings. The van der Waals surface area contributed by atoms with Gasteiger partial charge in [-0.05, 0) is 54.9 Å². The van der Waals surface area contributed by atoms with E-state index in [0.717, 1.165) is 24.1 Å². The predicted molar refractivity (Wildman–Crippen MR) is 101 cm³/mol. The number of carbonyl (C=O) groups is 3. The van der Waals surface area contributed by atoms with Crippen LogP contribution in [0.5, 0.6) is 0 Å². The minimum Gasteiger partial charge on any atom is -0.481 e. The molecule has 0 spiro atoms. The summed E-state index contributed by atoms with van der Waals surface area (Å²) < 4.78 is 0. The smallest absolute Gasteiger partial charge is 0.307 e. The number of nitrogens with one attached hydrogen (secondary N) is 1. The second-order valence-electron chi connectivity index (χ2n) is 7.72. The number of carboxylic acid groups (broad SMARTS) is 1. The van der Waals surface area contributed by atoms with Crippen molar-refractivity contribution >= 4 is 29.2 Å². The molecule has 1 aromatic carbocycles. The van der Waals surface area contributed by atoms with E-state index >= 15 is 0 Å². The highest BCUT2D eigenvalue weighted by Crippen LogP contribution is 2.48. The molecular weight excluding hydrogens is 344 g/mol. The number of amides is 2. The van der Waals surface area contributed by atoms with Crippen molar-refractivity contribution in [2.24, 2.45) is 23.7 Å². The summed E-state index contributed by atoms with van der Waals surface area (Å²) >= 11 is 0. The number of aliphatic carboxylic acids is 1. The van der Waals surface area contributed by atoms with Crippen molar-refractivity contribution in [3.63, 3.8) is 0 Å². The molecule has 1 aromatic rings. The third-order valence-electron chi connectivity index (χ3n) is 6.04. The average Bonchev–Trinajstić information content (AvgIpc) is 3.25. The Morgan fingerprint density at radius 3 is 2.63 bits per heavy atom. The number of benzene rings is 1. The number of anilines is 2. The lowest BCUT2D eigenvalue weighted by atomic mass is 9.82. The first-order valence-corrected chi connectivity index (χ1v) is 9.65. The van der Waals surface area contributed by atoms with Gasteiger partial charge in [0, 0.05) is 24.3 Å². The molecule has 2 amide bonds. The third-order valence-corrected chi connectivity index (χ3v) is 6.04. The van der Waals surface area contributed by atoms with Crippen molar-refractivity contribution in [2.75, 3.05) is 16.8 Å². The quantitative estimate of drug-likeness (QED) is 0.783. The molecule has 0 saturated heterocycles. The molecule has 0 aromatic heterocycles. The van der Waals surface area contributed by atoms with Crippen LogP contribution in [0.25, 0.3) is 0 Å². The van der Waals surface area contributed by atoms with Crippen LogP contribution in [0, 0.1) is 23.7 Å². The molecule has 4 atom stereocenters. The van der Waals surface area contributed by atoms with Crippen LogP contribution in [0.1, 0.15) is 31.7 Å². The Balaban J connectivity index is 1.54. The van der Waals surface area contributed by atoms with Gasteiger partial charge in [0.25, 0.3) is 0 Å². The summed E-state index contributed by atoms with van der Waals surface area (Å²) in [6, 6.07) is 5.60. The standard InChI is InChI=1S/C21H24N2O4/c1-2-9-23-16-7-6-15(11-12(16)5-8-17(23)24)22-20(25)18-13-3-4-14(10-13)19(18)21(26)27/h3-4,6-7,11,13-14,18-19H,2,5,8-10H2,1H3,(H,22,25)(H,26,27). The summed E-state index contributed by atoms with van der Waals surface area (Å²) in [5.41, 5.74) is 2.63. The molecule has 2 bridgehead atoms. The Morgan fingerprint density at radius 2 is 1.93 bits per heavy atom. The van der Waals surface area contributed by atoms with Crippen LogP contribution in [0.15, 0.2) is 30.4 Å². The molecule has 6 heteroatoms. The molecule has 27 heavy (non-hydrogen) atoms. The first-order chi connectivity index (χ1) is 13.0. The molecular formula is C21H24N2O4. The predicted octanol–water partition coefficient (Wildman–Crippen LogP) is 2.84. The molecule has 2 aliphatic carbocycles. The fraction of sp³-hybridized carbons (Fsp3) is 0.476. The van der Waals surface area contributed by atoms with Crippen LogP contribution >= 0.6 is 0 Å². The maximum Gasteiger partial charge on any atom is 0.307 e. The van der Waals surface area contributed by atoms with Gasteiger partial charge in [-0.15, -0.1) is 0 Å². The fourth-order valence-corrected chi connectivity index (χ4v) is 4.85. The Labute approximate surface area is 158 Å². The van der Waals surface area contributed by atoms with Gasteiger partial charge in [0.05, 0.1) is 11.8 Å². The van der Waals surface area contributed by atoms with E-state index in [9.17, 15) is 19.5 Å². The van der Waals surface area contributed by atoms with Crippen LogP contribution < -0.4 is 10.2 Å². The molecule has 1 heterocycles. The number of rotatable bonds is 5. The minimum atomic E-state index is -0.897. The van der Waals surface area contributed by atoms with Gasteiger partial charge in [-0.1, -0.05) is 19.1 Å². The molecule has 4 rings (SSSR count). The van der Waals surface area contributed by atoms with Gasteiger partial charge in [-0.2, -0.15) is 0 Å². The van der Waals surface area contributed by atoms with E-state index in [2.05, 4.69) is 5.32 Å². The van der Waals surface area contributed by atoms with E-state index < -0.39 is 17.8 Å². The maximum absolute atomic E-state index is 12.8. The van der Waals surface area contributed by atoms with E-state index in [0.29, 0.717) is 25.1 Å². The van der Waals surface area contributed by atoms with E-state index in [-0.39, 0.29) is 23.7 Å². The summed E-state index contributed by atoms with van der Waals surface area (Å²) in [6.45, 7) is 2.73. The summed E-state index contributed by atoms with van der Waals surface area (Å²) in [4.78, 5) is 38.4. The van der Waals surface area contributed by atoms with Crippen LogP contribution in [0.3, 0.4) is 0 Å². The average molecular weight is 368 g/mol. The molecule has 2 N–H and O–H groups in total. The lowest BCUT2D eigenvalue weighted by Gasteiger charge is -2.30. The van der Waals surface area contributed by atoms with E-state index in [1.165, 1.54) is 0 Å². The van der Waals surface area contributed by atoms with E-state index in [1.807, 2.05) is 36.1 Å². The number of hydrogen-bond donors (Lipinski definition) is 2. The van der Waals surface area contributed by atoms with Gasteiger partial charge < -0.3 is 15.3 Å².